The maximum Gasteiger partial charge on any atom is 0.0599 e. The number of rotatable bonds is 4. The van der Waals surface area contributed by atoms with Gasteiger partial charge in [0.1, 0.15) is 0 Å². The van der Waals surface area contributed by atoms with Crippen LogP contribution in [0, 0.1) is 0 Å². The van der Waals surface area contributed by atoms with Gasteiger partial charge in [-0.15, -0.1) is 0 Å². The van der Waals surface area contributed by atoms with E-state index in [1.54, 1.807) is 0 Å². The molecule has 0 saturated carbocycles. The van der Waals surface area contributed by atoms with E-state index in [2.05, 4.69) is 40.0 Å². The van der Waals surface area contributed by atoms with E-state index in [4.69, 9.17) is 0 Å². The van der Waals surface area contributed by atoms with Gasteiger partial charge in [0.15, 0.2) is 0 Å². The highest BCUT2D eigenvalue weighted by atomic mass is 15.3. The van der Waals surface area contributed by atoms with Crippen LogP contribution in [0.3, 0.4) is 0 Å². The Bertz CT molecular complexity index is 380. The van der Waals surface area contributed by atoms with Gasteiger partial charge in [0.25, 0.3) is 0 Å². The van der Waals surface area contributed by atoms with E-state index in [1.165, 1.54) is 11.3 Å². The molecule has 1 atom stereocenters. The van der Waals surface area contributed by atoms with Crippen LogP contribution in [0.15, 0.2) is 18.5 Å². The highest BCUT2D eigenvalue weighted by Crippen LogP contribution is 2.22. The lowest BCUT2D eigenvalue weighted by Crippen LogP contribution is -2.52. The Morgan fingerprint density at radius 1 is 1.44 bits per heavy atom. The molecule has 100 valence electrons. The van der Waals surface area contributed by atoms with Gasteiger partial charge < -0.3 is 10.2 Å². The first-order valence-electron chi connectivity index (χ1n) is 6.82. The molecule has 18 heavy (non-hydrogen) atoms. The molecule has 1 saturated heterocycles. The molecule has 4 nitrogen and oxygen atoms in total. The Morgan fingerprint density at radius 3 is 2.94 bits per heavy atom. The lowest BCUT2D eigenvalue weighted by atomic mass is 10.1. The van der Waals surface area contributed by atoms with E-state index >= 15 is 0 Å². The van der Waals surface area contributed by atoms with Gasteiger partial charge in [0.2, 0.25) is 0 Å². The molecular formula is C14H24N4. The molecule has 2 heterocycles. The van der Waals surface area contributed by atoms with E-state index in [0.29, 0.717) is 6.04 Å². The number of aromatic nitrogens is 1. The highest BCUT2D eigenvalue weighted by Gasteiger charge is 2.23. The average molecular weight is 248 g/mol. The summed E-state index contributed by atoms with van der Waals surface area (Å²) in [6, 6.07) is 2.73. The molecule has 2 rings (SSSR count). The van der Waals surface area contributed by atoms with Gasteiger partial charge in [-0.1, -0.05) is 6.92 Å². The second-order valence-corrected chi connectivity index (χ2v) is 4.96. The fourth-order valence-electron chi connectivity index (χ4n) is 2.72. The van der Waals surface area contributed by atoms with E-state index in [1.807, 2.05) is 19.4 Å². The van der Waals surface area contributed by atoms with Gasteiger partial charge in [-0.25, -0.2) is 0 Å². The first kappa shape index (κ1) is 13.3. The van der Waals surface area contributed by atoms with E-state index in [9.17, 15) is 0 Å². The Hall–Kier alpha value is -1.13. The van der Waals surface area contributed by atoms with Crippen LogP contribution in [0.5, 0.6) is 0 Å². The number of anilines is 1. The van der Waals surface area contributed by atoms with Crippen LogP contribution in [-0.4, -0.2) is 49.2 Å². The van der Waals surface area contributed by atoms with Crippen LogP contribution in [-0.2, 0) is 6.54 Å². The SMILES string of the molecule is CCN1CCN(c2cnccc2CNC)CC1C. The van der Waals surface area contributed by atoms with Gasteiger partial charge in [0, 0.05) is 38.4 Å². The largest absolute Gasteiger partial charge is 0.367 e. The molecule has 1 N–H and O–H groups in total. The Kier molecular flexibility index (Phi) is 4.55. The molecule has 0 amide bonds. The molecule has 0 radical (unpaired) electrons. The standard InChI is InChI=1S/C14H24N4/c1-4-17-7-8-18(11-12(17)2)14-10-16-6-5-13(14)9-15-3/h5-6,10,12,15H,4,7-9,11H2,1-3H3. The molecule has 1 unspecified atom stereocenters. The second-order valence-electron chi connectivity index (χ2n) is 4.96. The van der Waals surface area contributed by atoms with Crippen LogP contribution in [0.4, 0.5) is 5.69 Å². The summed E-state index contributed by atoms with van der Waals surface area (Å²) in [6.07, 6.45) is 3.88. The van der Waals surface area contributed by atoms with Crippen LogP contribution in [0.2, 0.25) is 0 Å². The summed E-state index contributed by atoms with van der Waals surface area (Å²) < 4.78 is 0. The van der Waals surface area contributed by atoms with E-state index in [-0.39, 0.29) is 0 Å². The Morgan fingerprint density at radius 2 is 2.28 bits per heavy atom. The summed E-state index contributed by atoms with van der Waals surface area (Å²) in [7, 11) is 1.99. The predicted molar refractivity (Wildman–Crippen MR) is 75.9 cm³/mol. The van der Waals surface area contributed by atoms with Crippen molar-refractivity contribution < 1.29 is 0 Å². The highest BCUT2D eigenvalue weighted by molar-refractivity contribution is 5.52. The summed E-state index contributed by atoms with van der Waals surface area (Å²) in [5.74, 6) is 0. The van der Waals surface area contributed by atoms with Crippen LogP contribution in [0.1, 0.15) is 19.4 Å². The molecule has 0 spiro atoms. The normalized spacial score (nSPS) is 21.3. The van der Waals surface area contributed by atoms with Crippen LogP contribution < -0.4 is 10.2 Å². The van der Waals surface area contributed by atoms with Gasteiger partial charge in [-0.3, -0.25) is 9.88 Å². The number of nitrogens with zero attached hydrogens (tertiary/aromatic N) is 3. The number of piperazine rings is 1. The molecule has 1 aliphatic heterocycles. The topological polar surface area (TPSA) is 31.4 Å². The molecule has 0 aromatic carbocycles. The maximum atomic E-state index is 4.28. The fourth-order valence-corrected chi connectivity index (χ4v) is 2.72. The van der Waals surface area contributed by atoms with Crippen molar-refractivity contribution in [3.05, 3.63) is 24.0 Å². The molecule has 0 bridgehead atoms. The summed E-state index contributed by atoms with van der Waals surface area (Å²) in [6.45, 7) is 9.93. The zero-order valence-electron chi connectivity index (χ0n) is 11.7. The number of hydrogen-bond acceptors (Lipinski definition) is 4. The minimum absolute atomic E-state index is 0.617. The van der Waals surface area contributed by atoms with Crippen molar-refractivity contribution >= 4 is 5.69 Å². The van der Waals surface area contributed by atoms with Gasteiger partial charge in [-0.05, 0) is 32.1 Å². The van der Waals surface area contributed by atoms with Crippen molar-refractivity contribution in [2.75, 3.05) is 38.1 Å². The van der Waals surface area contributed by atoms with Gasteiger partial charge >= 0.3 is 0 Å². The van der Waals surface area contributed by atoms with Crippen molar-refractivity contribution in [2.24, 2.45) is 0 Å². The summed E-state index contributed by atoms with van der Waals surface area (Å²) in [5.41, 5.74) is 2.62. The minimum atomic E-state index is 0.617. The van der Waals surface area contributed by atoms with Gasteiger partial charge in [0.05, 0.1) is 11.9 Å². The molecule has 4 heteroatoms. The molecule has 0 aliphatic carbocycles. The molecule has 1 aliphatic rings. The van der Waals surface area contributed by atoms with Crippen molar-refractivity contribution in [3.63, 3.8) is 0 Å². The number of hydrogen-bond donors (Lipinski definition) is 1. The van der Waals surface area contributed by atoms with E-state index in [0.717, 1.165) is 32.7 Å². The fraction of sp³-hybridized carbons (Fsp3) is 0.643. The van der Waals surface area contributed by atoms with Crippen molar-refractivity contribution in [2.45, 2.75) is 26.4 Å². The summed E-state index contributed by atoms with van der Waals surface area (Å²) in [4.78, 5) is 9.29. The third-order valence-electron chi connectivity index (χ3n) is 3.77. The second kappa shape index (κ2) is 6.16. The third-order valence-corrected chi connectivity index (χ3v) is 3.77. The van der Waals surface area contributed by atoms with Crippen molar-refractivity contribution in [1.29, 1.82) is 0 Å². The van der Waals surface area contributed by atoms with Crippen LogP contribution in [0.25, 0.3) is 0 Å². The summed E-state index contributed by atoms with van der Waals surface area (Å²) in [5, 5.41) is 3.23. The predicted octanol–water partition coefficient (Wildman–Crippen LogP) is 1.33. The van der Waals surface area contributed by atoms with Crippen LogP contribution >= 0.6 is 0 Å². The quantitative estimate of drug-likeness (QED) is 0.871. The number of nitrogens with one attached hydrogen (secondary N) is 1. The molecule has 1 fully saturated rings. The van der Waals surface area contributed by atoms with Crippen molar-refractivity contribution in [1.82, 2.24) is 15.2 Å². The summed E-state index contributed by atoms with van der Waals surface area (Å²) >= 11 is 0. The zero-order valence-corrected chi connectivity index (χ0v) is 11.7. The Balaban J connectivity index is 2.12. The lowest BCUT2D eigenvalue weighted by molar-refractivity contribution is 0.199. The van der Waals surface area contributed by atoms with Gasteiger partial charge in [-0.2, -0.15) is 0 Å². The molecular weight excluding hydrogens is 224 g/mol. The maximum absolute atomic E-state index is 4.28. The lowest BCUT2D eigenvalue weighted by Gasteiger charge is -2.41. The number of pyridine rings is 1. The third kappa shape index (κ3) is 2.82. The minimum Gasteiger partial charge on any atom is -0.367 e. The Labute approximate surface area is 110 Å². The average Bonchev–Trinajstić information content (AvgIpc) is 2.40. The smallest absolute Gasteiger partial charge is 0.0599 e. The first-order chi connectivity index (χ1) is 8.76. The molecule has 1 aromatic heterocycles. The zero-order chi connectivity index (χ0) is 13.0. The number of likely N-dealkylation sites (N-methyl/N-ethyl adjacent to an activating group) is 1. The first-order valence-corrected chi connectivity index (χ1v) is 6.82. The molecule has 1 aromatic rings. The monoisotopic (exact) mass is 248 g/mol. The van der Waals surface area contributed by atoms with Crippen molar-refractivity contribution in [3.8, 4) is 0 Å². The van der Waals surface area contributed by atoms with E-state index < -0.39 is 0 Å².